The molecule has 4 rings (SSSR count). The molecular formula is C23H26N6OS. The molecule has 31 heavy (non-hydrogen) atoms. The molecule has 4 aromatic rings. The van der Waals surface area contributed by atoms with Crippen molar-refractivity contribution in [3.8, 4) is 21.8 Å². The minimum atomic E-state index is -0.450. The summed E-state index contributed by atoms with van der Waals surface area (Å²) in [4.78, 5) is 25.1. The highest BCUT2D eigenvalue weighted by atomic mass is 32.1. The predicted octanol–water partition coefficient (Wildman–Crippen LogP) is 3.89. The fraction of sp³-hybridized carbons (Fsp3) is 0.304. The van der Waals surface area contributed by atoms with Crippen molar-refractivity contribution < 1.29 is 4.79 Å². The van der Waals surface area contributed by atoms with Gasteiger partial charge in [0.2, 0.25) is 5.91 Å². The van der Waals surface area contributed by atoms with E-state index in [0.29, 0.717) is 23.3 Å². The number of likely N-dealkylation sites (N-methyl/N-ethyl adjacent to an activating group) is 1. The number of fused-ring (bicyclic) bond motifs is 1. The summed E-state index contributed by atoms with van der Waals surface area (Å²) in [6.45, 7) is 8.34. The van der Waals surface area contributed by atoms with Crippen LogP contribution in [0.1, 0.15) is 36.7 Å². The van der Waals surface area contributed by atoms with Crippen molar-refractivity contribution in [3.63, 3.8) is 0 Å². The van der Waals surface area contributed by atoms with Gasteiger partial charge in [-0.3, -0.25) is 9.78 Å². The van der Waals surface area contributed by atoms with Crippen LogP contribution < -0.4 is 5.73 Å². The quantitative estimate of drug-likeness (QED) is 0.454. The van der Waals surface area contributed by atoms with Gasteiger partial charge in [0, 0.05) is 24.0 Å². The molecular weight excluding hydrogens is 408 g/mol. The molecule has 4 heterocycles. The molecule has 1 amide bonds. The van der Waals surface area contributed by atoms with E-state index in [9.17, 15) is 4.79 Å². The van der Waals surface area contributed by atoms with Gasteiger partial charge < -0.3 is 10.6 Å². The standard InChI is InChI=1S/C23H26N6OS/c1-4-28(5-2)15(3)11-16-13-25-20(12-17(16)22(24)30)18-14-26-29-9-8-19(27-23(18)29)21-7-6-10-31-21/h6-10,12-15H,4-5,11H2,1-3H3,(H2,24,30)/t15-/m0/s1. The second-order valence-electron chi connectivity index (χ2n) is 7.48. The number of primary amides is 1. The maximum Gasteiger partial charge on any atom is 0.249 e. The summed E-state index contributed by atoms with van der Waals surface area (Å²) >= 11 is 1.64. The largest absolute Gasteiger partial charge is 0.366 e. The number of hydrogen-bond acceptors (Lipinski definition) is 6. The third-order valence-corrected chi connectivity index (χ3v) is 6.51. The predicted molar refractivity (Wildman–Crippen MR) is 124 cm³/mol. The average molecular weight is 435 g/mol. The van der Waals surface area contributed by atoms with Gasteiger partial charge in [0.25, 0.3) is 0 Å². The maximum atomic E-state index is 12.3. The number of thiophene rings is 1. The summed E-state index contributed by atoms with van der Waals surface area (Å²) in [5.74, 6) is -0.450. The summed E-state index contributed by atoms with van der Waals surface area (Å²) in [6.07, 6.45) is 6.09. The first-order valence-electron chi connectivity index (χ1n) is 10.4. The normalized spacial score (nSPS) is 12.5. The van der Waals surface area contributed by atoms with Crippen LogP contribution in [0, 0.1) is 0 Å². The van der Waals surface area contributed by atoms with Gasteiger partial charge in [-0.25, -0.2) is 9.50 Å². The number of nitrogens with two attached hydrogens (primary N) is 1. The summed E-state index contributed by atoms with van der Waals surface area (Å²) < 4.78 is 1.72. The Morgan fingerprint density at radius 3 is 2.71 bits per heavy atom. The molecule has 0 radical (unpaired) electrons. The van der Waals surface area contributed by atoms with E-state index in [0.717, 1.165) is 34.8 Å². The fourth-order valence-corrected chi connectivity index (χ4v) is 4.62. The van der Waals surface area contributed by atoms with Gasteiger partial charge in [-0.15, -0.1) is 11.3 Å². The summed E-state index contributed by atoms with van der Waals surface area (Å²) in [5.41, 5.74) is 10.1. The molecule has 160 valence electrons. The molecule has 0 bridgehead atoms. The van der Waals surface area contributed by atoms with Gasteiger partial charge in [-0.2, -0.15) is 5.10 Å². The molecule has 0 saturated heterocycles. The zero-order valence-electron chi connectivity index (χ0n) is 17.9. The Labute approximate surface area is 185 Å². The summed E-state index contributed by atoms with van der Waals surface area (Å²) in [5, 5.41) is 6.43. The number of rotatable bonds is 8. The van der Waals surface area contributed by atoms with Crippen LogP contribution in [0.3, 0.4) is 0 Å². The monoisotopic (exact) mass is 434 g/mol. The van der Waals surface area contributed by atoms with E-state index in [1.54, 1.807) is 34.3 Å². The number of hydrogen-bond donors (Lipinski definition) is 1. The van der Waals surface area contributed by atoms with Crippen molar-refractivity contribution in [2.24, 2.45) is 5.73 Å². The smallest absolute Gasteiger partial charge is 0.249 e. The second kappa shape index (κ2) is 8.95. The molecule has 4 aromatic heterocycles. The van der Waals surface area contributed by atoms with E-state index >= 15 is 0 Å². The van der Waals surface area contributed by atoms with Crippen LogP contribution in [0.15, 0.2) is 48.2 Å². The molecule has 0 aliphatic carbocycles. The highest BCUT2D eigenvalue weighted by molar-refractivity contribution is 7.13. The van der Waals surface area contributed by atoms with E-state index in [4.69, 9.17) is 10.7 Å². The number of nitrogens with zero attached hydrogens (tertiary/aromatic N) is 5. The maximum absolute atomic E-state index is 12.3. The van der Waals surface area contributed by atoms with E-state index < -0.39 is 5.91 Å². The molecule has 0 saturated carbocycles. The Bertz CT molecular complexity index is 1200. The van der Waals surface area contributed by atoms with Gasteiger partial charge in [0.15, 0.2) is 5.65 Å². The number of carbonyl (C=O) groups is 1. The van der Waals surface area contributed by atoms with Crippen LogP contribution in [-0.4, -0.2) is 49.5 Å². The lowest BCUT2D eigenvalue weighted by Crippen LogP contribution is -2.34. The van der Waals surface area contributed by atoms with Crippen LogP contribution in [0.25, 0.3) is 27.5 Å². The highest BCUT2D eigenvalue weighted by Crippen LogP contribution is 2.28. The summed E-state index contributed by atoms with van der Waals surface area (Å²) in [7, 11) is 0. The molecule has 0 aliphatic rings. The van der Waals surface area contributed by atoms with E-state index in [1.165, 1.54) is 0 Å². The van der Waals surface area contributed by atoms with Crippen LogP contribution in [-0.2, 0) is 6.42 Å². The molecule has 0 aliphatic heterocycles. The van der Waals surface area contributed by atoms with Gasteiger partial charge in [0.05, 0.1) is 28.0 Å². The first-order valence-corrected chi connectivity index (χ1v) is 11.3. The van der Waals surface area contributed by atoms with Crippen molar-refractivity contribution in [3.05, 3.63) is 59.4 Å². The van der Waals surface area contributed by atoms with Gasteiger partial charge in [0.1, 0.15) is 0 Å². The van der Waals surface area contributed by atoms with Crippen molar-refractivity contribution in [2.75, 3.05) is 13.1 Å². The molecule has 0 unspecified atom stereocenters. The third-order valence-electron chi connectivity index (χ3n) is 5.62. The Morgan fingerprint density at radius 2 is 2.03 bits per heavy atom. The van der Waals surface area contributed by atoms with Gasteiger partial charge in [-0.1, -0.05) is 19.9 Å². The molecule has 0 spiro atoms. The van der Waals surface area contributed by atoms with Crippen LogP contribution >= 0.6 is 11.3 Å². The van der Waals surface area contributed by atoms with Crippen molar-refractivity contribution in [1.82, 2.24) is 24.5 Å². The lowest BCUT2D eigenvalue weighted by atomic mass is 10.00. The Kier molecular flexibility index (Phi) is 6.11. The SMILES string of the molecule is CCN(CC)[C@@H](C)Cc1cnc(-c2cnn3ccc(-c4cccs4)nc23)cc1C(N)=O. The van der Waals surface area contributed by atoms with E-state index in [2.05, 4.69) is 35.8 Å². The Balaban J connectivity index is 1.73. The second-order valence-corrected chi connectivity index (χ2v) is 8.43. The first kappa shape index (κ1) is 21.1. The Morgan fingerprint density at radius 1 is 1.23 bits per heavy atom. The van der Waals surface area contributed by atoms with Crippen molar-refractivity contribution in [2.45, 2.75) is 33.2 Å². The number of amides is 1. The van der Waals surface area contributed by atoms with Crippen LogP contribution in [0.4, 0.5) is 0 Å². The third kappa shape index (κ3) is 4.22. The highest BCUT2D eigenvalue weighted by Gasteiger charge is 2.19. The van der Waals surface area contributed by atoms with Gasteiger partial charge in [-0.05, 0) is 55.6 Å². The topological polar surface area (TPSA) is 89.4 Å². The fourth-order valence-electron chi connectivity index (χ4n) is 3.93. The summed E-state index contributed by atoms with van der Waals surface area (Å²) in [6, 6.07) is 8.03. The number of carbonyl (C=O) groups excluding carboxylic acids is 1. The average Bonchev–Trinajstić information content (AvgIpc) is 3.44. The van der Waals surface area contributed by atoms with E-state index in [-0.39, 0.29) is 6.04 Å². The minimum Gasteiger partial charge on any atom is -0.366 e. The molecule has 0 aromatic carbocycles. The van der Waals surface area contributed by atoms with Gasteiger partial charge >= 0.3 is 0 Å². The van der Waals surface area contributed by atoms with Crippen LogP contribution in [0.5, 0.6) is 0 Å². The molecule has 2 N–H and O–H groups in total. The zero-order valence-corrected chi connectivity index (χ0v) is 18.8. The molecule has 0 fully saturated rings. The van der Waals surface area contributed by atoms with Crippen molar-refractivity contribution >= 4 is 22.9 Å². The molecule has 1 atom stereocenters. The van der Waals surface area contributed by atoms with Crippen LogP contribution in [0.2, 0.25) is 0 Å². The lowest BCUT2D eigenvalue weighted by molar-refractivity contribution is 0.0999. The zero-order chi connectivity index (χ0) is 22.0. The number of pyridine rings is 1. The molecule has 8 heteroatoms. The van der Waals surface area contributed by atoms with E-state index in [1.807, 2.05) is 29.8 Å². The van der Waals surface area contributed by atoms with Crippen molar-refractivity contribution in [1.29, 1.82) is 0 Å². The minimum absolute atomic E-state index is 0.285. The molecule has 7 nitrogen and oxygen atoms in total. The Hall–Kier alpha value is -3.10. The number of aromatic nitrogens is 4. The first-order chi connectivity index (χ1) is 15.0. The lowest BCUT2D eigenvalue weighted by Gasteiger charge is -2.26.